The second kappa shape index (κ2) is 8.15. The number of fused-ring (bicyclic) bond motifs is 1. The Balaban J connectivity index is 1.39. The normalized spacial score (nSPS) is 15.4. The van der Waals surface area contributed by atoms with Gasteiger partial charge in [0.2, 0.25) is 10.0 Å². The van der Waals surface area contributed by atoms with Crippen LogP contribution in [0.1, 0.15) is 0 Å². The standard InChI is InChI=1S/C21H17F2N5O2S2/c22-15-6-4-14(5-7-15)18-19-20(31-26-18)21(25-13-24-19)27-8-10-28(11-9-27)32(29,30)17-3-1-2-16(23)12-17/h1-7,12-13H,8-11H2. The van der Waals surface area contributed by atoms with Gasteiger partial charge in [0.25, 0.3) is 0 Å². The third kappa shape index (κ3) is 3.72. The number of sulfonamides is 1. The van der Waals surface area contributed by atoms with Crippen LogP contribution >= 0.6 is 11.5 Å². The maximum atomic E-state index is 13.5. The molecule has 5 rings (SSSR count). The predicted octanol–water partition coefficient (Wildman–Crippen LogP) is 3.54. The van der Waals surface area contributed by atoms with E-state index in [1.54, 1.807) is 12.1 Å². The maximum absolute atomic E-state index is 13.5. The lowest BCUT2D eigenvalue weighted by Gasteiger charge is -2.34. The van der Waals surface area contributed by atoms with Gasteiger partial charge in [-0.3, -0.25) is 0 Å². The molecule has 1 aliphatic rings. The van der Waals surface area contributed by atoms with E-state index in [-0.39, 0.29) is 23.8 Å². The van der Waals surface area contributed by atoms with E-state index < -0.39 is 15.8 Å². The Morgan fingerprint density at radius 2 is 1.66 bits per heavy atom. The molecule has 0 saturated carbocycles. The quantitative estimate of drug-likeness (QED) is 0.451. The molecule has 2 aromatic carbocycles. The van der Waals surface area contributed by atoms with Gasteiger partial charge in [-0.05, 0) is 54.0 Å². The highest BCUT2D eigenvalue weighted by Gasteiger charge is 2.30. The summed E-state index contributed by atoms with van der Waals surface area (Å²) in [6, 6.07) is 11.1. The van der Waals surface area contributed by atoms with Crippen LogP contribution in [0.3, 0.4) is 0 Å². The summed E-state index contributed by atoms with van der Waals surface area (Å²) in [5.74, 6) is -0.228. The minimum atomic E-state index is -3.77. The van der Waals surface area contributed by atoms with E-state index in [0.29, 0.717) is 30.1 Å². The molecule has 0 amide bonds. The molecular formula is C21H17F2N5O2S2. The van der Waals surface area contributed by atoms with Crippen LogP contribution < -0.4 is 4.90 Å². The zero-order chi connectivity index (χ0) is 22.3. The summed E-state index contributed by atoms with van der Waals surface area (Å²) < 4.78 is 59.1. The van der Waals surface area contributed by atoms with Crippen LogP contribution in [0.5, 0.6) is 0 Å². The van der Waals surface area contributed by atoms with Gasteiger partial charge in [-0.2, -0.15) is 8.68 Å². The average molecular weight is 474 g/mol. The smallest absolute Gasteiger partial charge is 0.243 e. The number of hydrogen-bond donors (Lipinski definition) is 0. The number of benzene rings is 2. The van der Waals surface area contributed by atoms with Crippen molar-refractivity contribution in [3.8, 4) is 11.3 Å². The fourth-order valence-corrected chi connectivity index (χ4v) is 6.02. The van der Waals surface area contributed by atoms with Crippen LogP contribution in [0.4, 0.5) is 14.6 Å². The first-order valence-electron chi connectivity index (χ1n) is 9.80. The van der Waals surface area contributed by atoms with Crippen molar-refractivity contribution in [2.24, 2.45) is 0 Å². The monoisotopic (exact) mass is 473 g/mol. The summed E-state index contributed by atoms with van der Waals surface area (Å²) in [5, 5.41) is 0. The molecule has 1 fully saturated rings. The lowest BCUT2D eigenvalue weighted by molar-refractivity contribution is 0.384. The second-order valence-electron chi connectivity index (χ2n) is 7.26. The molecule has 0 spiro atoms. The third-order valence-electron chi connectivity index (χ3n) is 5.33. The van der Waals surface area contributed by atoms with Crippen LogP contribution in [0.25, 0.3) is 21.5 Å². The Hall–Kier alpha value is -3.02. The molecule has 164 valence electrons. The van der Waals surface area contributed by atoms with Crippen LogP contribution in [0, 0.1) is 11.6 Å². The van der Waals surface area contributed by atoms with Crippen LogP contribution in [0.15, 0.2) is 59.8 Å². The molecule has 0 unspecified atom stereocenters. The number of halogens is 2. The molecule has 1 saturated heterocycles. The molecule has 4 aromatic rings. The number of piperazine rings is 1. The third-order valence-corrected chi connectivity index (χ3v) is 8.05. The molecule has 0 bridgehead atoms. The summed E-state index contributed by atoms with van der Waals surface area (Å²) in [5.41, 5.74) is 2.08. The highest BCUT2D eigenvalue weighted by atomic mass is 32.2. The Kier molecular flexibility index (Phi) is 5.31. The van der Waals surface area contributed by atoms with Gasteiger partial charge in [-0.15, -0.1) is 0 Å². The summed E-state index contributed by atoms with van der Waals surface area (Å²) >= 11 is 1.25. The van der Waals surface area contributed by atoms with Gasteiger partial charge in [0.05, 0.1) is 4.90 Å². The van der Waals surface area contributed by atoms with Crippen molar-refractivity contribution in [1.82, 2.24) is 18.6 Å². The molecule has 11 heteroatoms. The van der Waals surface area contributed by atoms with E-state index in [1.807, 2.05) is 4.90 Å². The predicted molar refractivity (Wildman–Crippen MR) is 118 cm³/mol. The van der Waals surface area contributed by atoms with Crippen molar-refractivity contribution in [1.29, 1.82) is 0 Å². The van der Waals surface area contributed by atoms with Crippen molar-refractivity contribution in [2.45, 2.75) is 4.90 Å². The summed E-state index contributed by atoms with van der Waals surface area (Å²) in [4.78, 5) is 10.7. The molecular weight excluding hydrogens is 456 g/mol. The van der Waals surface area contributed by atoms with Gasteiger partial charge in [0, 0.05) is 31.7 Å². The molecule has 0 radical (unpaired) electrons. The highest BCUT2D eigenvalue weighted by molar-refractivity contribution is 7.89. The van der Waals surface area contributed by atoms with Crippen molar-refractivity contribution in [3.05, 3.63) is 66.5 Å². The van der Waals surface area contributed by atoms with Gasteiger partial charge in [-0.25, -0.2) is 27.2 Å². The first-order chi connectivity index (χ1) is 15.4. The minimum absolute atomic E-state index is 0.0539. The Morgan fingerprint density at radius 3 is 2.38 bits per heavy atom. The van der Waals surface area contributed by atoms with Gasteiger partial charge in [0.1, 0.15) is 33.9 Å². The average Bonchev–Trinajstić information content (AvgIpc) is 3.24. The first kappa shape index (κ1) is 20.9. The SMILES string of the molecule is O=S(=O)(c1cccc(F)c1)N1CCN(c2ncnc3c(-c4ccc(F)cc4)nsc23)CC1. The van der Waals surface area contributed by atoms with Crippen molar-refractivity contribution in [2.75, 3.05) is 31.1 Å². The summed E-state index contributed by atoms with van der Waals surface area (Å²) in [7, 11) is -3.77. The maximum Gasteiger partial charge on any atom is 0.243 e. The van der Waals surface area contributed by atoms with Gasteiger partial charge in [-0.1, -0.05) is 6.07 Å². The Labute approximate surface area is 187 Å². The lowest BCUT2D eigenvalue weighted by atomic mass is 10.1. The van der Waals surface area contributed by atoms with E-state index >= 15 is 0 Å². The Morgan fingerprint density at radius 1 is 0.906 bits per heavy atom. The van der Waals surface area contributed by atoms with E-state index in [9.17, 15) is 17.2 Å². The number of rotatable bonds is 4. The topological polar surface area (TPSA) is 79.3 Å². The van der Waals surface area contributed by atoms with E-state index in [0.717, 1.165) is 16.3 Å². The number of anilines is 1. The molecule has 0 atom stereocenters. The summed E-state index contributed by atoms with van der Waals surface area (Å²) in [6.07, 6.45) is 1.45. The number of hydrogen-bond acceptors (Lipinski definition) is 7. The van der Waals surface area contributed by atoms with E-state index in [2.05, 4.69) is 14.3 Å². The van der Waals surface area contributed by atoms with Crippen LogP contribution in [-0.4, -0.2) is 53.2 Å². The van der Waals surface area contributed by atoms with Gasteiger partial charge in [0.15, 0.2) is 5.82 Å². The second-order valence-corrected chi connectivity index (χ2v) is 9.97. The minimum Gasteiger partial charge on any atom is -0.353 e. The zero-order valence-electron chi connectivity index (χ0n) is 16.6. The molecule has 0 N–H and O–H groups in total. The molecule has 2 aromatic heterocycles. The van der Waals surface area contributed by atoms with Gasteiger partial charge < -0.3 is 4.90 Å². The molecule has 3 heterocycles. The molecule has 7 nitrogen and oxygen atoms in total. The van der Waals surface area contributed by atoms with Crippen molar-refractivity contribution in [3.63, 3.8) is 0 Å². The first-order valence-corrected chi connectivity index (χ1v) is 12.0. The number of aromatic nitrogens is 3. The highest BCUT2D eigenvalue weighted by Crippen LogP contribution is 2.34. The fourth-order valence-electron chi connectivity index (χ4n) is 3.69. The zero-order valence-corrected chi connectivity index (χ0v) is 18.3. The van der Waals surface area contributed by atoms with E-state index in [4.69, 9.17) is 0 Å². The van der Waals surface area contributed by atoms with E-state index in [1.165, 1.54) is 52.5 Å². The molecule has 1 aliphatic heterocycles. The number of nitrogens with zero attached hydrogens (tertiary/aromatic N) is 5. The van der Waals surface area contributed by atoms with Crippen molar-refractivity contribution < 1.29 is 17.2 Å². The fraction of sp³-hybridized carbons (Fsp3) is 0.190. The summed E-state index contributed by atoms with van der Waals surface area (Å²) in [6.45, 7) is 1.33. The van der Waals surface area contributed by atoms with Crippen LogP contribution in [-0.2, 0) is 10.0 Å². The molecule has 32 heavy (non-hydrogen) atoms. The Bertz CT molecular complexity index is 1390. The lowest BCUT2D eigenvalue weighted by Crippen LogP contribution is -2.49. The molecule has 0 aliphatic carbocycles. The van der Waals surface area contributed by atoms with Crippen LogP contribution in [0.2, 0.25) is 0 Å². The van der Waals surface area contributed by atoms with Gasteiger partial charge >= 0.3 is 0 Å². The van der Waals surface area contributed by atoms with Crippen molar-refractivity contribution >= 4 is 37.6 Å². The largest absolute Gasteiger partial charge is 0.353 e.